The van der Waals surface area contributed by atoms with Crippen molar-refractivity contribution in [1.82, 2.24) is 0 Å². The lowest BCUT2D eigenvalue weighted by Crippen LogP contribution is -2.41. The van der Waals surface area contributed by atoms with E-state index >= 15 is 0 Å². The molecule has 2 bridgehead atoms. The molecule has 2 aliphatic rings. The first-order valence-corrected chi connectivity index (χ1v) is 9.06. The number of anilines is 1. The van der Waals surface area contributed by atoms with Crippen LogP contribution in [0.3, 0.4) is 0 Å². The number of esters is 1. The predicted molar refractivity (Wildman–Crippen MR) is 93.9 cm³/mol. The quantitative estimate of drug-likeness (QED) is 0.852. The van der Waals surface area contributed by atoms with Crippen LogP contribution in [0.25, 0.3) is 0 Å². The Kier molecular flexibility index (Phi) is 5.21. The van der Waals surface area contributed by atoms with E-state index in [0.717, 1.165) is 24.8 Å². The van der Waals surface area contributed by atoms with Gasteiger partial charge in [-0.3, -0.25) is 14.4 Å². The molecule has 1 aromatic rings. The van der Waals surface area contributed by atoms with Gasteiger partial charge in [-0.15, -0.1) is 0 Å². The number of ether oxygens (including phenoxy) is 1. The first kappa shape index (κ1) is 17.6. The number of aryl methyl sites for hydroxylation is 1. The van der Waals surface area contributed by atoms with Gasteiger partial charge in [-0.2, -0.15) is 0 Å². The fourth-order valence-electron chi connectivity index (χ4n) is 3.96. The maximum atomic E-state index is 12.4. The molecule has 2 aliphatic carbocycles. The summed E-state index contributed by atoms with van der Waals surface area (Å²) in [6, 6.07) is 7.47. The predicted octanol–water partition coefficient (Wildman–Crippen LogP) is 3.26. The summed E-state index contributed by atoms with van der Waals surface area (Å²) in [4.78, 5) is 36.8. The monoisotopic (exact) mass is 343 g/mol. The van der Waals surface area contributed by atoms with Crippen LogP contribution in [0.2, 0.25) is 0 Å². The summed E-state index contributed by atoms with van der Waals surface area (Å²) >= 11 is 0. The summed E-state index contributed by atoms with van der Waals surface area (Å²) in [7, 11) is 0. The molecule has 1 aromatic carbocycles. The SMILES string of the molecule is Cc1cccc(NC(=O)[C@@H](C)OC(=O)C2C[C@H]3CCC[C@@H](C2)C3=O)c1. The van der Waals surface area contributed by atoms with Gasteiger partial charge in [0, 0.05) is 17.5 Å². The lowest BCUT2D eigenvalue weighted by molar-refractivity contribution is -0.161. The number of fused-ring (bicyclic) bond motifs is 2. The third-order valence-electron chi connectivity index (χ3n) is 5.33. The molecule has 5 nitrogen and oxygen atoms in total. The number of carbonyl (C=O) groups is 3. The highest BCUT2D eigenvalue weighted by Gasteiger charge is 2.42. The van der Waals surface area contributed by atoms with Crippen LogP contribution in [0.1, 0.15) is 44.6 Å². The van der Waals surface area contributed by atoms with Crippen LogP contribution >= 0.6 is 0 Å². The number of benzene rings is 1. The van der Waals surface area contributed by atoms with Gasteiger partial charge >= 0.3 is 5.97 Å². The number of Topliss-reactive ketones (excluding diaryl/α,β-unsaturated/α-hetero) is 1. The van der Waals surface area contributed by atoms with E-state index in [-0.39, 0.29) is 29.6 Å². The molecule has 0 radical (unpaired) electrons. The van der Waals surface area contributed by atoms with Gasteiger partial charge < -0.3 is 10.1 Å². The van der Waals surface area contributed by atoms with Crippen LogP contribution in [0.5, 0.6) is 0 Å². The van der Waals surface area contributed by atoms with Crippen molar-refractivity contribution in [2.45, 2.75) is 52.1 Å². The van der Waals surface area contributed by atoms with Gasteiger partial charge in [0.2, 0.25) is 0 Å². The summed E-state index contributed by atoms with van der Waals surface area (Å²) in [5, 5.41) is 2.77. The van der Waals surface area contributed by atoms with Crippen molar-refractivity contribution < 1.29 is 19.1 Å². The second-order valence-corrected chi connectivity index (χ2v) is 7.33. The molecule has 4 atom stereocenters. The topological polar surface area (TPSA) is 72.5 Å². The van der Waals surface area contributed by atoms with Crippen molar-refractivity contribution in [3.8, 4) is 0 Å². The molecule has 1 unspecified atom stereocenters. The van der Waals surface area contributed by atoms with Crippen LogP contribution in [0.4, 0.5) is 5.69 Å². The highest BCUT2D eigenvalue weighted by atomic mass is 16.5. The molecular formula is C20H25NO4. The molecule has 5 heteroatoms. The molecular weight excluding hydrogens is 318 g/mol. The van der Waals surface area contributed by atoms with Gasteiger partial charge in [0.05, 0.1) is 5.92 Å². The van der Waals surface area contributed by atoms with Gasteiger partial charge in [0.25, 0.3) is 5.91 Å². The van der Waals surface area contributed by atoms with Gasteiger partial charge in [-0.1, -0.05) is 18.6 Å². The average molecular weight is 343 g/mol. The molecule has 3 rings (SSSR count). The molecule has 0 saturated heterocycles. The zero-order valence-electron chi connectivity index (χ0n) is 14.8. The number of ketones is 1. The van der Waals surface area contributed by atoms with Crippen molar-refractivity contribution >= 4 is 23.3 Å². The lowest BCUT2D eigenvalue weighted by atomic mass is 9.67. The minimum absolute atomic E-state index is 0.00137. The molecule has 2 fully saturated rings. The number of rotatable bonds is 4. The normalized spacial score (nSPS) is 26.6. The van der Waals surface area contributed by atoms with Crippen molar-refractivity contribution in [3.05, 3.63) is 29.8 Å². The maximum Gasteiger partial charge on any atom is 0.309 e. The average Bonchev–Trinajstić information content (AvgIpc) is 2.54. The minimum Gasteiger partial charge on any atom is -0.452 e. The molecule has 0 aliphatic heterocycles. The molecule has 2 saturated carbocycles. The van der Waals surface area contributed by atoms with E-state index in [1.807, 2.05) is 25.1 Å². The zero-order valence-corrected chi connectivity index (χ0v) is 14.8. The number of carbonyl (C=O) groups excluding carboxylic acids is 3. The number of hydrogen-bond acceptors (Lipinski definition) is 4. The maximum absolute atomic E-state index is 12.4. The molecule has 0 aromatic heterocycles. The first-order valence-electron chi connectivity index (χ1n) is 9.06. The van der Waals surface area contributed by atoms with Crippen LogP contribution in [-0.4, -0.2) is 23.8 Å². The second-order valence-electron chi connectivity index (χ2n) is 7.33. The standard InChI is InChI=1S/C20H25NO4/c1-12-5-3-8-17(9-12)21-19(23)13(2)25-20(24)16-10-14-6-4-7-15(11-16)18(14)22/h3,5,8-9,13-16H,4,6-7,10-11H2,1-2H3,(H,21,23)/t13-,14-,15+,16?/m1/s1. The van der Waals surface area contributed by atoms with Gasteiger partial charge in [-0.25, -0.2) is 0 Å². The Bertz CT molecular complexity index is 668. The van der Waals surface area contributed by atoms with E-state index in [4.69, 9.17) is 4.74 Å². The third-order valence-corrected chi connectivity index (χ3v) is 5.33. The second kappa shape index (κ2) is 7.38. The van der Waals surface area contributed by atoms with Crippen molar-refractivity contribution in [3.63, 3.8) is 0 Å². The van der Waals surface area contributed by atoms with E-state index in [1.165, 1.54) is 0 Å². The molecule has 0 heterocycles. The van der Waals surface area contributed by atoms with Gasteiger partial charge in [0.1, 0.15) is 5.78 Å². The zero-order chi connectivity index (χ0) is 18.0. The minimum atomic E-state index is -0.856. The van der Waals surface area contributed by atoms with E-state index in [0.29, 0.717) is 24.3 Å². The van der Waals surface area contributed by atoms with Crippen molar-refractivity contribution in [1.29, 1.82) is 0 Å². The Balaban J connectivity index is 1.55. The lowest BCUT2D eigenvalue weighted by Gasteiger charge is -2.36. The van der Waals surface area contributed by atoms with E-state index in [9.17, 15) is 14.4 Å². The Morgan fingerprint density at radius 1 is 1.20 bits per heavy atom. The van der Waals surface area contributed by atoms with E-state index in [1.54, 1.807) is 13.0 Å². The number of amides is 1. The Labute approximate surface area is 148 Å². The fourth-order valence-corrected chi connectivity index (χ4v) is 3.96. The largest absolute Gasteiger partial charge is 0.452 e. The third kappa shape index (κ3) is 4.09. The Morgan fingerprint density at radius 2 is 1.88 bits per heavy atom. The molecule has 25 heavy (non-hydrogen) atoms. The van der Waals surface area contributed by atoms with Gasteiger partial charge in [0.15, 0.2) is 6.10 Å². The Morgan fingerprint density at radius 3 is 2.52 bits per heavy atom. The summed E-state index contributed by atoms with van der Waals surface area (Å²) in [6.07, 6.45) is 3.11. The van der Waals surface area contributed by atoms with Crippen LogP contribution in [0, 0.1) is 24.7 Å². The number of nitrogens with one attached hydrogen (secondary N) is 1. The number of hydrogen-bond donors (Lipinski definition) is 1. The van der Waals surface area contributed by atoms with E-state index in [2.05, 4.69) is 5.32 Å². The molecule has 1 N–H and O–H groups in total. The molecule has 1 amide bonds. The van der Waals surface area contributed by atoms with Crippen molar-refractivity contribution in [2.24, 2.45) is 17.8 Å². The summed E-state index contributed by atoms with van der Waals surface area (Å²) in [6.45, 7) is 3.53. The summed E-state index contributed by atoms with van der Waals surface area (Å²) in [5.74, 6) is -0.631. The Hall–Kier alpha value is -2.17. The first-order chi connectivity index (χ1) is 11.9. The highest BCUT2D eigenvalue weighted by molar-refractivity contribution is 5.95. The summed E-state index contributed by atoms with van der Waals surface area (Å²) in [5.41, 5.74) is 1.73. The van der Waals surface area contributed by atoms with Gasteiger partial charge in [-0.05, 0) is 57.2 Å². The van der Waals surface area contributed by atoms with Crippen molar-refractivity contribution in [2.75, 3.05) is 5.32 Å². The van der Waals surface area contributed by atoms with Crippen LogP contribution in [0.15, 0.2) is 24.3 Å². The molecule has 134 valence electrons. The van der Waals surface area contributed by atoms with E-state index < -0.39 is 6.10 Å². The van der Waals surface area contributed by atoms with Crippen LogP contribution in [-0.2, 0) is 19.1 Å². The van der Waals surface area contributed by atoms with Crippen LogP contribution < -0.4 is 5.32 Å². The highest BCUT2D eigenvalue weighted by Crippen LogP contribution is 2.40. The smallest absolute Gasteiger partial charge is 0.309 e. The fraction of sp³-hybridized carbons (Fsp3) is 0.550. The summed E-state index contributed by atoms with van der Waals surface area (Å²) < 4.78 is 5.39. The molecule has 0 spiro atoms.